The van der Waals surface area contributed by atoms with Crippen molar-refractivity contribution in [3.63, 3.8) is 0 Å². The molecule has 2 rings (SSSR count). The fraction of sp³-hybridized carbons (Fsp3) is 0.300. The van der Waals surface area contributed by atoms with Crippen molar-refractivity contribution < 1.29 is 4.48 Å². The van der Waals surface area contributed by atoms with E-state index in [4.69, 9.17) is 0 Å². The van der Waals surface area contributed by atoms with Gasteiger partial charge < -0.3 is 4.48 Å². The second kappa shape index (κ2) is 8.49. The van der Waals surface area contributed by atoms with E-state index in [1.165, 1.54) is 29.7 Å². The Morgan fingerprint density at radius 3 is 1.86 bits per heavy atom. The molecule has 22 heavy (non-hydrogen) atoms. The van der Waals surface area contributed by atoms with Crippen LogP contribution in [0.2, 0.25) is 0 Å². The zero-order valence-corrected chi connectivity index (χ0v) is 15.7. The molecule has 116 valence electrons. The van der Waals surface area contributed by atoms with E-state index in [1.54, 1.807) is 0 Å². The first-order chi connectivity index (χ1) is 10.6. The van der Waals surface area contributed by atoms with Gasteiger partial charge in [0.05, 0.1) is 20.6 Å². The van der Waals surface area contributed by atoms with Crippen molar-refractivity contribution in [2.45, 2.75) is 12.8 Å². The molecule has 0 aromatic heterocycles. The Balaban J connectivity index is 2.14. The first-order valence-corrected chi connectivity index (χ1v) is 9.34. The number of nitrogens with zero attached hydrogens (tertiary/aromatic N) is 1. The van der Waals surface area contributed by atoms with Crippen molar-refractivity contribution in [1.82, 2.24) is 0 Å². The maximum atomic E-state index is 2.47. The van der Waals surface area contributed by atoms with E-state index in [2.05, 4.69) is 103 Å². The van der Waals surface area contributed by atoms with Gasteiger partial charge in [-0.2, -0.15) is 0 Å². The molecular formula is C20H25IN+. The van der Waals surface area contributed by atoms with Crippen molar-refractivity contribution >= 4 is 28.2 Å². The Kier molecular flexibility index (Phi) is 6.65. The Morgan fingerprint density at radius 2 is 1.41 bits per heavy atom. The van der Waals surface area contributed by atoms with Crippen LogP contribution in [-0.2, 0) is 0 Å². The summed E-state index contributed by atoms with van der Waals surface area (Å²) in [7, 11) is 4.59. The van der Waals surface area contributed by atoms with E-state index < -0.39 is 0 Å². The second-order valence-electron chi connectivity index (χ2n) is 6.27. The normalized spacial score (nSPS) is 11.2. The molecule has 0 unspecified atom stereocenters. The van der Waals surface area contributed by atoms with Crippen molar-refractivity contribution in [1.29, 1.82) is 0 Å². The summed E-state index contributed by atoms with van der Waals surface area (Å²) in [6.45, 7) is 1.22. The summed E-state index contributed by atoms with van der Waals surface area (Å²) in [5.74, 6) is 0. The largest absolute Gasteiger partial charge is 0.320 e. The Hall–Kier alpha value is -1.13. The third-order valence-corrected chi connectivity index (χ3v) is 5.66. The molecule has 0 aliphatic rings. The summed E-state index contributed by atoms with van der Waals surface area (Å²) >= 11 is 2.47. The summed E-state index contributed by atoms with van der Waals surface area (Å²) < 4.78 is 2.24. The fourth-order valence-electron chi connectivity index (χ4n) is 2.46. The van der Waals surface area contributed by atoms with E-state index in [-0.39, 0.29) is 0 Å². The van der Waals surface area contributed by atoms with Gasteiger partial charge in [-0.05, 0) is 45.7 Å². The van der Waals surface area contributed by atoms with Gasteiger partial charge in [-0.1, -0.05) is 66.7 Å². The van der Waals surface area contributed by atoms with Gasteiger partial charge >= 0.3 is 0 Å². The second-order valence-corrected chi connectivity index (χ2v) is 6.95. The number of alkyl halides is 1. The molecule has 0 aliphatic heterocycles. The molecular weight excluding hydrogens is 381 g/mol. The quantitative estimate of drug-likeness (QED) is 0.191. The minimum Gasteiger partial charge on any atom is -0.320 e. The molecule has 0 amide bonds. The first-order valence-electron chi connectivity index (χ1n) is 7.81. The molecule has 2 aromatic carbocycles. The highest BCUT2D eigenvalue weighted by molar-refractivity contribution is 14.1. The van der Waals surface area contributed by atoms with Crippen LogP contribution in [0.3, 0.4) is 0 Å². The Bertz CT molecular complexity index is 546. The molecule has 0 atom stereocenters. The molecule has 0 heterocycles. The molecule has 1 nitrogen and oxygen atoms in total. The predicted octanol–water partition coefficient (Wildman–Crippen LogP) is 5.37. The van der Waals surface area contributed by atoms with E-state index in [9.17, 15) is 0 Å². The number of rotatable bonds is 7. The number of halogens is 1. The van der Waals surface area contributed by atoms with Crippen molar-refractivity contribution in [2.24, 2.45) is 0 Å². The third-order valence-electron chi connectivity index (χ3n) is 3.81. The minimum absolute atomic E-state index is 1.08. The number of quaternary nitrogens is 1. The molecule has 0 saturated carbocycles. The smallest absolute Gasteiger partial charge is 0.129 e. The monoisotopic (exact) mass is 406 g/mol. The molecule has 0 fully saturated rings. The lowest BCUT2D eigenvalue weighted by atomic mass is 9.96. The number of unbranched alkanes of at least 4 members (excludes halogenated alkanes) is 1. The number of benzene rings is 2. The van der Waals surface area contributed by atoms with Crippen molar-refractivity contribution in [2.75, 3.05) is 25.2 Å². The maximum absolute atomic E-state index is 2.47. The Morgan fingerprint density at radius 1 is 0.909 bits per heavy atom. The van der Waals surface area contributed by atoms with Gasteiger partial charge in [0, 0.05) is 6.42 Å². The predicted molar refractivity (Wildman–Crippen MR) is 105 cm³/mol. The molecule has 2 heteroatoms. The van der Waals surface area contributed by atoms with Crippen molar-refractivity contribution in [3.05, 3.63) is 77.9 Å². The highest BCUT2D eigenvalue weighted by Gasteiger charge is 2.11. The van der Waals surface area contributed by atoms with Crippen molar-refractivity contribution in [3.8, 4) is 0 Å². The van der Waals surface area contributed by atoms with Crippen LogP contribution in [0.25, 0.3) is 5.57 Å². The highest BCUT2D eigenvalue weighted by atomic mass is 127. The Labute approximate surface area is 148 Å². The summed E-state index contributed by atoms with van der Waals surface area (Å²) in [5.41, 5.74) is 3.95. The van der Waals surface area contributed by atoms with Gasteiger partial charge in [0.15, 0.2) is 0 Å². The van der Waals surface area contributed by atoms with Crippen LogP contribution < -0.4 is 0 Å². The first kappa shape index (κ1) is 17.2. The van der Waals surface area contributed by atoms with Crippen LogP contribution >= 0.6 is 22.6 Å². The van der Waals surface area contributed by atoms with Crippen LogP contribution in [0.5, 0.6) is 0 Å². The summed E-state index contributed by atoms with van der Waals surface area (Å²) in [4.78, 5) is 0. The molecule has 0 aliphatic carbocycles. The van der Waals surface area contributed by atoms with E-state index in [0.717, 1.165) is 15.5 Å². The van der Waals surface area contributed by atoms with Crippen LogP contribution in [0.15, 0.2) is 66.7 Å². The number of allylic oxidation sites excluding steroid dienone is 1. The van der Waals surface area contributed by atoms with Gasteiger partial charge in [-0.25, -0.2) is 0 Å². The maximum Gasteiger partial charge on any atom is 0.129 e. The summed E-state index contributed by atoms with van der Waals surface area (Å²) in [6, 6.07) is 21.4. The van der Waals surface area contributed by atoms with Gasteiger partial charge in [-0.15, -0.1) is 0 Å². The summed E-state index contributed by atoms with van der Waals surface area (Å²) in [5, 5.41) is 0. The highest BCUT2D eigenvalue weighted by Crippen LogP contribution is 2.24. The zero-order valence-electron chi connectivity index (χ0n) is 13.5. The molecule has 2 aromatic rings. The zero-order chi connectivity index (χ0) is 15.8. The standard InChI is InChI=1S/C20H25IN/c1-22(2,17-21)16-10-9-15-20(18-11-5-3-6-12-18)19-13-7-4-8-14-19/h3-8,11-15H,9-10,16-17H2,1-2H3/q+1. The molecule has 0 bridgehead atoms. The lowest BCUT2D eigenvalue weighted by molar-refractivity contribution is -0.874. The minimum atomic E-state index is 1.08. The summed E-state index contributed by atoms with van der Waals surface area (Å²) in [6.07, 6.45) is 4.74. The van der Waals surface area contributed by atoms with Gasteiger partial charge in [0.1, 0.15) is 4.55 Å². The van der Waals surface area contributed by atoms with Crippen LogP contribution in [-0.4, -0.2) is 29.7 Å². The molecule has 0 spiro atoms. The van der Waals surface area contributed by atoms with Crippen LogP contribution in [0, 0.1) is 0 Å². The molecule has 0 radical (unpaired) electrons. The molecule has 0 saturated heterocycles. The lowest BCUT2D eigenvalue weighted by Gasteiger charge is -2.26. The lowest BCUT2D eigenvalue weighted by Crippen LogP contribution is -2.38. The van der Waals surface area contributed by atoms with E-state index in [1.807, 2.05) is 0 Å². The SMILES string of the molecule is C[N+](C)(CI)CCCC=C(c1ccccc1)c1ccccc1. The average Bonchev–Trinajstić information content (AvgIpc) is 2.56. The van der Waals surface area contributed by atoms with Crippen LogP contribution in [0.1, 0.15) is 24.0 Å². The van der Waals surface area contributed by atoms with E-state index >= 15 is 0 Å². The average molecular weight is 406 g/mol. The third kappa shape index (κ3) is 5.25. The van der Waals surface area contributed by atoms with Gasteiger partial charge in [-0.3, -0.25) is 0 Å². The van der Waals surface area contributed by atoms with Gasteiger partial charge in [0.25, 0.3) is 0 Å². The number of hydrogen-bond donors (Lipinski definition) is 0. The topological polar surface area (TPSA) is 0 Å². The molecule has 0 N–H and O–H groups in total. The van der Waals surface area contributed by atoms with Gasteiger partial charge in [0.2, 0.25) is 0 Å². The fourth-order valence-corrected chi connectivity index (χ4v) is 2.80. The van der Waals surface area contributed by atoms with Crippen LogP contribution in [0.4, 0.5) is 0 Å². The van der Waals surface area contributed by atoms with E-state index in [0.29, 0.717) is 0 Å². The number of hydrogen-bond acceptors (Lipinski definition) is 0.